The molecular formula is C10H15BN3O. The number of carbonyl (C=O) groups excluding carboxylic acids is 1. The van der Waals surface area contributed by atoms with Crippen molar-refractivity contribution in [1.82, 2.24) is 14.9 Å². The molecule has 0 spiro atoms. The van der Waals surface area contributed by atoms with E-state index < -0.39 is 0 Å². The first-order valence-electron chi connectivity index (χ1n) is 5.06. The first-order valence-corrected chi connectivity index (χ1v) is 5.06. The Morgan fingerprint density at radius 1 is 1.47 bits per heavy atom. The highest BCUT2D eigenvalue weighted by Crippen LogP contribution is 1.95. The van der Waals surface area contributed by atoms with E-state index in [0.717, 1.165) is 18.4 Å². The summed E-state index contributed by atoms with van der Waals surface area (Å²) < 4.78 is 0. The van der Waals surface area contributed by atoms with Crippen molar-refractivity contribution in [2.24, 2.45) is 0 Å². The fourth-order valence-electron chi connectivity index (χ4n) is 1.21. The molecule has 1 amide bonds. The van der Waals surface area contributed by atoms with Gasteiger partial charge in [0.1, 0.15) is 0 Å². The van der Waals surface area contributed by atoms with Gasteiger partial charge in [-0.1, -0.05) is 19.2 Å². The molecule has 0 unspecified atom stereocenters. The van der Waals surface area contributed by atoms with Crippen LogP contribution in [0.25, 0.3) is 0 Å². The van der Waals surface area contributed by atoms with Crippen LogP contribution in [0.5, 0.6) is 0 Å². The topological polar surface area (TPSA) is 46.1 Å². The normalized spacial score (nSPS) is 9.80. The van der Waals surface area contributed by atoms with Crippen molar-refractivity contribution in [3.63, 3.8) is 0 Å². The van der Waals surface area contributed by atoms with Crippen LogP contribution in [-0.4, -0.2) is 41.6 Å². The third-order valence-corrected chi connectivity index (χ3v) is 2.10. The molecular weight excluding hydrogens is 189 g/mol. The number of amides is 1. The lowest BCUT2D eigenvalue weighted by Gasteiger charge is -2.14. The lowest BCUT2D eigenvalue weighted by molar-refractivity contribution is 0.0783. The quantitative estimate of drug-likeness (QED) is 0.664. The highest BCUT2D eigenvalue weighted by molar-refractivity contribution is 6.51. The van der Waals surface area contributed by atoms with Gasteiger partial charge in [-0.25, -0.2) is 9.97 Å². The van der Waals surface area contributed by atoms with E-state index in [-0.39, 0.29) is 11.7 Å². The summed E-state index contributed by atoms with van der Waals surface area (Å²) in [5.41, 5.74) is 0.921. The second-order valence-electron chi connectivity index (χ2n) is 3.36. The Morgan fingerprint density at radius 3 is 2.53 bits per heavy atom. The molecule has 0 aromatic carbocycles. The van der Waals surface area contributed by atoms with E-state index in [0.29, 0.717) is 0 Å². The number of rotatable bonds is 4. The highest BCUT2D eigenvalue weighted by atomic mass is 16.2. The molecule has 0 bridgehead atoms. The van der Waals surface area contributed by atoms with Crippen molar-refractivity contribution in [3.8, 4) is 0 Å². The zero-order valence-electron chi connectivity index (χ0n) is 9.40. The Labute approximate surface area is 91.0 Å². The number of hydrogen-bond acceptors (Lipinski definition) is 3. The van der Waals surface area contributed by atoms with Crippen LogP contribution >= 0.6 is 0 Å². The van der Waals surface area contributed by atoms with Crippen LogP contribution < -0.4 is 5.46 Å². The van der Waals surface area contributed by atoms with E-state index >= 15 is 0 Å². The van der Waals surface area contributed by atoms with Gasteiger partial charge < -0.3 is 4.90 Å². The maximum absolute atomic E-state index is 11.7. The molecule has 0 N–H and O–H groups in total. The van der Waals surface area contributed by atoms with Crippen molar-refractivity contribution in [2.45, 2.75) is 20.2 Å². The highest BCUT2D eigenvalue weighted by Gasteiger charge is 2.13. The largest absolute Gasteiger partial charge is 0.339 e. The fourth-order valence-corrected chi connectivity index (χ4v) is 1.21. The summed E-state index contributed by atoms with van der Waals surface area (Å²) in [6.07, 6.45) is 4.24. The first kappa shape index (κ1) is 11.7. The molecule has 79 valence electrons. The van der Waals surface area contributed by atoms with Gasteiger partial charge in [-0.05, 0) is 6.42 Å². The van der Waals surface area contributed by atoms with Gasteiger partial charge in [-0.15, -0.1) is 0 Å². The van der Waals surface area contributed by atoms with Crippen LogP contribution in [0, 0.1) is 0 Å². The predicted molar refractivity (Wildman–Crippen MR) is 60.5 cm³/mol. The lowest BCUT2D eigenvalue weighted by Crippen LogP contribution is -2.29. The smallest absolute Gasteiger partial charge is 0.291 e. The van der Waals surface area contributed by atoms with Gasteiger partial charge in [0.25, 0.3) is 5.91 Å². The Morgan fingerprint density at radius 2 is 2.07 bits per heavy atom. The summed E-state index contributed by atoms with van der Waals surface area (Å²) in [6, 6.07) is 0. The molecule has 0 aliphatic rings. The molecule has 4 nitrogen and oxygen atoms in total. The summed E-state index contributed by atoms with van der Waals surface area (Å²) in [7, 11) is 3.65. The third kappa shape index (κ3) is 3.04. The SMILES string of the molecule is C[B]c1cnc(C(=O)N(C)CCC)nc1. The monoisotopic (exact) mass is 204 g/mol. The standard InChI is InChI=1S/C10H15BN3O/c1-4-5-14(3)10(15)9-12-6-8(11-2)7-13-9/h6-7H,4-5H2,1-3H3. The van der Waals surface area contributed by atoms with Gasteiger partial charge in [0.15, 0.2) is 7.28 Å². The zero-order chi connectivity index (χ0) is 11.3. The maximum atomic E-state index is 11.7. The van der Waals surface area contributed by atoms with Crippen molar-refractivity contribution >= 4 is 18.6 Å². The zero-order valence-corrected chi connectivity index (χ0v) is 9.40. The van der Waals surface area contributed by atoms with Crippen LogP contribution in [-0.2, 0) is 0 Å². The van der Waals surface area contributed by atoms with Gasteiger partial charge in [0, 0.05) is 26.0 Å². The molecule has 0 atom stereocenters. The van der Waals surface area contributed by atoms with Gasteiger partial charge in [0.2, 0.25) is 5.82 Å². The van der Waals surface area contributed by atoms with E-state index in [1.165, 1.54) is 0 Å². The Kier molecular flexibility index (Phi) is 4.27. The van der Waals surface area contributed by atoms with E-state index in [2.05, 4.69) is 9.97 Å². The fraction of sp³-hybridized carbons (Fsp3) is 0.500. The predicted octanol–water partition coefficient (Wildman–Crippen LogP) is 0.336. The van der Waals surface area contributed by atoms with Crippen molar-refractivity contribution in [2.75, 3.05) is 13.6 Å². The summed E-state index contributed by atoms with van der Waals surface area (Å²) in [5, 5.41) is 0. The molecule has 0 saturated carbocycles. The minimum atomic E-state index is -0.125. The number of carbonyl (C=O) groups is 1. The van der Waals surface area contributed by atoms with Crippen molar-refractivity contribution in [1.29, 1.82) is 0 Å². The third-order valence-electron chi connectivity index (χ3n) is 2.10. The average molecular weight is 204 g/mol. The maximum Gasteiger partial charge on any atom is 0.291 e. The minimum absolute atomic E-state index is 0.125. The molecule has 15 heavy (non-hydrogen) atoms. The molecule has 0 fully saturated rings. The van der Waals surface area contributed by atoms with Crippen LogP contribution in [0.3, 0.4) is 0 Å². The summed E-state index contributed by atoms with van der Waals surface area (Å²) in [4.78, 5) is 21.4. The summed E-state index contributed by atoms with van der Waals surface area (Å²) >= 11 is 0. The summed E-state index contributed by atoms with van der Waals surface area (Å²) in [5.74, 6) is 0.135. The Hall–Kier alpha value is -1.39. The molecule has 1 heterocycles. The van der Waals surface area contributed by atoms with Crippen LogP contribution in [0.15, 0.2) is 12.4 Å². The first-order chi connectivity index (χ1) is 7.19. The molecule has 1 rings (SSSR count). The van der Waals surface area contributed by atoms with E-state index in [4.69, 9.17) is 0 Å². The molecule has 1 aromatic rings. The molecule has 0 saturated heterocycles. The molecule has 0 aliphatic heterocycles. The second-order valence-corrected chi connectivity index (χ2v) is 3.36. The van der Waals surface area contributed by atoms with Crippen LogP contribution in [0.1, 0.15) is 24.0 Å². The average Bonchev–Trinajstić information content (AvgIpc) is 2.28. The number of aromatic nitrogens is 2. The lowest BCUT2D eigenvalue weighted by atomic mass is 9.75. The van der Waals surface area contributed by atoms with Crippen LogP contribution in [0.4, 0.5) is 0 Å². The van der Waals surface area contributed by atoms with Crippen molar-refractivity contribution in [3.05, 3.63) is 18.2 Å². The number of hydrogen-bond donors (Lipinski definition) is 0. The van der Waals surface area contributed by atoms with E-state index in [1.807, 2.05) is 21.0 Å². The van der Waals surface area contributed by atoms with Gasteiger partial charge in [0.05, 0.1) is 0 Å². The molecule has 1 aromatic heterocycles. The number of nitrogens with zero attached hydrogens (tertiary/aromatic N) is 3. The summed E-state index contributed by atoms with van der Waals surface area (Å²) in [6.45, 7) is 4.66. The molecule has 5 heteroatoms. The van der Waals surface area contributed by atoms with E-state index in [9.17, 15) is 4.79 Å². The Balaban J connectivity index is 2.73. The van der Waals surface area contributed by atoms with E-state index in [1.54, 1.807) is 24.3 Å². The minimum Gasteiger partial charge on any atom is -0.339 e. The Bertz CT molecular complexity index is 326. The van der Waals surface area contributed by atoms with Crippen LogP contribution in [0.2, 0.25) is 6.82 Å². The van der Waals surface area contributed by atoms with Crippen molar-refractivity contribution < 1.29 is 4.79 Å². The van der Waals surface area contributed by atoms with Gasteiger partial charge in [-0.3, -0.25) is 4.79 Å². The van der Waals surface area contributed by atoms with Gasteiger partial charge >= 0.3 is 0 Å². The molecule has 1 radical (unpaired) electrons. The second kappa shape index (κ2) is 5.48. The molecule has 0 aliphatic carbocycles. The van der Waals surface area contributed by atoms with Gasteiger partial charge in [-0.2, -0.15) is 0 Å².